The molecule has 2 N–H and O–H groups in total. The predicted molar refractivity (Wildman–Crippen MR) is 96.1 cm³/mol. The molecule has 0 aromatic heterocycles. The Labute approximate surface area is 159 Å². The zero-order valence-corrected chi connectivity index (χ0v) is 15.4. The summed E-state index contributed by atoms with van der Waals surface area (Å²) in [4.78, 5) is 23.3. The molecule has 0 bridgehead atoms. The summed E-state index contributed by atoms with van der Waals surface area (Å²) in [6, 6.07) is 8.61. The third-order valence-corrected chi connectivity index (χ3v) is 5.62. The van der Waals surface area contributed by atoms with Crippen LogP contribution in [0.15, 0.2) is 41.3 Å². The van der Waals surface area contributed by atoms with E-state index in [4.69, 9.17) is 27.9 Å². The summed E-state index contributed by atoms with van der Waals surface area (Å²) in [5.74, 6) is -0.847. The van der Waals surface area contributed by atoms with Crippen molar-refractivity contribution in [1.82, 2.24) is 4.72 Å². The van der Waals surface area contributed by atoms with Gasteiger partial charge in [-0.2, -0.15) is 0 Å². The van der Waals surface area contributed by atoms with E-state index in [1.165, 1.54) is 18.2 Å². The first-order valence-electron chi connectivity index (χ1n) is 7.31. The molecule has 0 radical (unpaired) electrons. The minimum absolute atomic E-state index is 0.144. The zero-order chi connectivity index (χ0) is 18.9. The van der Waals surface area contributed by atoms with Crippen LogP contribution in [0.4, 0.5) is 5.69 Å². The first kappa shape index (κ1) is 18.5. The van der Waals surface area contributed by atoms with Gasteiger partial charge >= 0.3 is 0 Å². The van der Waals surface area contributed by atoms with Gasteiger partial charge in [-0.1, -0.05) is 29.3 Å². The molecule has 10 heteroatoms. The van der Waals surface area contributed by atoms with Crippen molar-refractivity contribution in [2.24, 2.45) is 0 Å². The lowest BCUT2D eigenvalue weighted by atomic mass is 10.1. The SMILES string of the molecule is O=C1COc2ccc(S(=O)(=O)NC(=O)Cc3c(Cl)cccc3Cl)cc2N1. The number of carbonyl (C=O) groups is 2. The van der Waals surface area contributed by atoms with Gasteiger partial charge in [0.15, 0.2) is 6.61 Å². The third kappa shape index (κ3) is 3.92. The Bertz CT molecular complexity index is 987. The Hall–Kier alpha value is -2.29. The topological polar surface area (TPSA) is 102 Å². The van der Waals surface area contributed by atoms with Crippen LogP contribution < -0.4 is 14.8 Å². The van der Waals surface area contributed by atoms with E-state index in [0.29, 0.717) is 11.3 Å². The van der Waals surface area contributed by atoms with Crippen molar-refractivity contribution in [1.29, 1.82) is 0 Å². The number of fused-ring (bicyclic) bond motifs is 1. The largest absolute Gasteiger partial charge is 0.482 e. The standard InChI is InChI=1S/C16H12Cl2N2O5S/c17-11-2-1-3-12(18)10(11)7-15(21)20-26(23,24)9-4-5-14-13(6-9)19-16(22)8-25-14/h1-6H,7-8H2,(H,19,22)(H,20,21). The van der Waals surface area contributed by atoms with Gasteiger partial charge in [0.2, 0.25) is 5.91 Å². The fraction of sp³-hybridized carbons (Fsp3) is 0.125. The second-order valence-electron chi connectivity index (χ2n) is 5.40. The minimum Gasteiger partial charge on any atom is -0.482 e. The van der Waals surface area contributed by atoms with Crippen LogP contribution in [0.2, 0.25) is 10.0 Å². The normalized spacial score (nSPS) is 13.4. The maximum absolute atomic E-state index is 12.4. The molecule has 2 aromatic rings. The summed E-state index contributed by atoms with van der Waals surface area (Å²) < 4.78 is 32.0. The number of rotatable bonds is 4. The van der Waals surface area contributed by atoms with Gasteiger partial charge in [0.05, 0.1) is 17.0 Å². The minimum atomic E-state index is -4.15. The van der Waals surface area contributed by atoms with Gasteiger partial charge in [0, 0.05) is 10.0 Å². The number of halogens is 2. The van der Waals surface area contributed by atoms with Crippen molar-refractivity contribution in [2.75, 3.05) is 11.9 Å². The van der Waals surface area contributed by atoms with Crippen molar-refractivity contribution in [3.05, 3.63) is 52.0 Å². The summed E-state index contributed by atoms with van der Waals surface area (Å²) >= 11 is 12.0. The number of hydrogen-bond donors (Lipinski definition) is 2. The second kappa shape index (κ2) is 7.14. The number of sulfonamides is 1. The number of nitrogens with one attached hydrogen (secondary N) is 2. The molecule has 2 aromatic carbocycles. The van der Waals surface area contributed by atoms with E-state index in [9.17, 15) is 18.0 Å². The molecule has 0 saturated carbocycles. The number of anilines is 1. The van der Waals surface area contributed by atoms with Gasteiger partial charge in [-0.3, -0.25) is 9.59 Å². The molecule has 0 fully saturated rings. The van der Waals surface area contributed by atoms with E-state index < -0.39 is 21.8 Å². The highest BCUT2D eigenvalue weighted by Crippen LogP contribution is 2.30. The number of amides is 2. The lowest BCUT2D eigenvalue weighted by molar-refractivity contribution is -0.119. The van der Waals surface area contributed by atoms with Gasteiger partial charge in [-0.15, -0.1) is 0 Å². The molecule has 26 heavy (non-hydrogen) atoms. The summed E-state index contributed by atoms with van der Waals surface area (Å²) in [5.41, 5.74) is 0.542. The molecule has 0 aliphatic carbocycles. The second-order valence-corrected chi connectivity index (χ2v) is 7.90. The highest BCUT2D eigenvalue weighted by atomic mass is 35.5. The highest BCUT2D eigenvalue weighted by molar-refractivity contribution is 7.90. The number of carbonyl (C=O) groups excluding carboxylic acids is 2. The van der Waals surface area contributed by atoms with Crippen molar-refractivity contribution in [2.45, 2.75) is 11.3 Å². The molecule has 7 nitrogen and oxygen atoms in total. The van der Waals surface area contributed by atoms with E-state index in [-0.39, 0.29) is 33.7 Å². The van der Waals surface area contributed by atoms with E-state index in [1.54, 1.807) is 18.2 Å². The number of hydrogen-bond acceptors (Lipinski definition) is 5. The van der Waals surface area contributed by atoms with Gasteiger partial charge in [-0.05, 0) is 35.9 Å². The van der Waals surface area contributed by atoms with Crippen molar-refractivity contribution < 1.29 is 22.7 Å². The van der Waals surface area contributed by atoms with Crippen molar-refractivity contribution >= 4 is 50.7 Å². The molecule has 3 rings (SSSR count). The monoisotopic (exact) mass is 414 g/mol. The molecule has 0 unspecified atom stereocenters. The molecule has 0 atom stereocenters. The fourth-order valence-corrected chi connectivity index (χ4v) is 3.88. The van der Waals surface area contributed by atoms with E-state index in [2.05, 4.69) is 5.32 Å². The van der Waals surface area contributed by atoms with Crippen LogP contribution in [0.5, 0.6) is 5.75 Å². The highest BCUT2D eigenvalue weighted by Gasteiger charge is 2.23. The third-order valence-electron chi connectivity index (χ3n) is 3.54. The summed E-state index contributed by atoms with van der Waals surface area (Å²) in [6.45, 7) is -0.144. The molecule has 1 heterocycles. The zero-order valence-electron chi connectivity index (χ0n) is 13.1. The van der Waals surface area contributed by atoms with Crippen LogP contribution in [0.25, 0.3) is 0 Å². The van der Waals surface area contributed by atoms with Crippen LogP contribution in [0, 0.1) is 0 Å². The van der Waals surface area contributed by atoms with Crippen LogP contribution in [-0.2, 0) is 26.0 Å². The van der Waals surface area contributed by atoms with Gasteiger partial charge < -0.3 is 10.1 Å². The average molecular weight is 415 g/mol. The van der Waals surface area contributed by atoms with Crippen LogP contribution in [0.1, 0.15) is 5.56 Å². The van der Waals surface area contributed by atoms with Gasteiger partial charge in [-0.25, -0.2) is 13.1 Å². The predicted octanol–water partition coefficient (Wildman–Crippen LogP) is 2.37. The maximum atomic E-state index is 12.4. The molecule has 1 aliphatic heterocycles. The summed E-state index contributed by atoms with van der Waals surface area (Å²) in [6.07, 6.45) is -0.303. The van der Waals surface area contributed by atoms with Crippen LogP contribution in [0.3, 0.4) is 0 Å². The number of benzene rings is 2. The van der Waals surface area contributed by atoms with E-state index in [1.807, 2.05) is 4.72 Å². The smallest absolute Gasteiger partial charge is 0.264 e. The van der Waals surface area contributed by atoms with Crippen molar-refractivity contribution in [3.63, 3.8) is 0 Å². The van der Waals surface area contributed by atoms with Crippen LogP contribution >= 0.6 is 23.2 Å². The molecule has 1 aliphatic rings. The number of ether oxygens (including phenoxy) is 1. The Morgan fingerprint density at radius 1 is 1.19 bits per heavy atom. The van der Waals surface area contributed by atoms with Crippen molar-refractivity contribution in [3.8, 4) is 5.75 Å². The van der Waals surface area contributed by atoms with Gasteiger partial charge in [0.1, 0.15) is 5.75 Å². The Balaban J connectivity index is 1.80. The Morgan fingerprint density at radius 2 is 1.88 bits per heavy atom. The molecule has 2 amide bonds. The average Bonchev–Trinajstić information content (AvgIpc) is 2.57. The lowest BCUT2D eigenvalue weighted by Gasteiger charge is -2.18. The molecule has 136 valence electrons. The summed E-state index contributed by atoms with van der Waals surface area (Å²) in [5, 5.41) is 3.03. The van der Waals surface area contributed by atoms with Gasteiger partial charge in [0.25, 0.3) is 15.9 Å². The quantitative estimate of drug-likeness (QED) is 0.799. The maximum Gasteiger partial charge on any atom is 0.264 e. The molecule has 0 spiro atoms. The Kier molecular flexibility index (Phi) is 5.08. The first-order valence-corrected chi connectivity index (χ1v) is 9.55. The summed E-state index contributed by atoms with van der Waals surface area (Å²) in [7, 11) is -4.15. The van der Waals surface area contributed by atoms with Crippen LogP contribution in [-0.4, -0.2) is 26.8 Å². The molecular formula is C16H12Cl2N2O5S. The van der Waals surface area contributed by atoms with E-state index in [0.717, 1.165) is 0 Å². The van der Waals surface area contributed by atoms with E-state index >= 15 is 0 Å². The fourth-order valence-electron chi connectivity index (χ4n) is 2.34. The lowest BCUT2D eigenvalue weighted by Crippen LogP contribution is -2.32. The molecular weight excluding hydrogens is 403 g/mol. The molecule has 0 saturated heterocycles. The first-order chi connectivity index (χ1) is 12.3. The Morgan fingerprint density at radius 3 is 2.58 bits per heavy atom.